The van der Waals surface area contributed by atoms with Gasteiger partial charge in [0.25, 0.3) is 0 Å². The number of nitrogens with one attached hydrogen (secondary N) is 1. The predicted molar refractivity (Wildman–Crippen MR) is 69.2 cm³/mol. The standard InChI is InChI=1S/C13H25N3O/c1-12(17)10-15-6-8-16(9-7-15)11-13-2-4-14-5-3-13/h13-14H,2-11H2,1H3. The van der Waals surface area contributed by atoms with Gasteiger partial charge in [-0.2, -0.15) is 0 Å². The van der Waals surface area contributed by atoms with Crippen molar-refractivity contribution in [2.45, 2.75) is 19.8 Å². The quantitative estimate of drug-likeness (QED) is 0.760. The van der Waals surface area contributed by atoms with Crippen molar-refractivity contribution < 1.29 is 4.79 Å². The number of piperazine rings is 1. The van der Waals surface area contributed by atoms with Gasteiger partial charge in [-0.25, -0.2) is 0 Å². The third-order valence-corrected chi connectivity index (χ3v) is 3.89. The minimum Gasteiger partial charge on any atom is -0.317 e. The molecule has 2 aliphatic rings. The van der Waals surface area contributed by atoms with Crippen LogP contribution < -0.4 is 5.32 Å². The Bertz CT molecular complexity index is 243. The summed E-state index contributed by atoms with van der Waals surface area (Å²) in [5, 5.41) is 3.42. The molecule has 0 aromatic heterocycles. The lowest BCUT2D eigenvalue weighted by Gasteiger charge is -2.36. The van der Waals surface area contributed by atoms with Crippen LogP contribution in [0.4, 0.5) is 0 Å². The van der Waals surface area contributed by atoms with Crippen LogP contribution in [-0.4, -0.2) is 67.9 Å². The smallest absolute Gasteiger partial charge is 0.143 e. The molecular weight excluding hydrogens is 214 g/mol. The molecule has 0 aromatic rings. The lowest BCUT2D eigenvalue weighted by Crippen LogP contribution is -2.49. The first kappa shape index (κ1) is 13.0. The van der Waals surface area contributed by atoms with Crippen molar-refractivity contribution >= 4 is 5.78 Å². The summed E-state index contributed by atoms with van der Waals surface area (Å²) >= 11 is 0. The van der Waals surface area contributed by atoms with Crippen molar-refractivity contribution in [3.05, 3.63) is 0 Å². The molecule has 2 rings (SSSR count). The van der Waals surface area contributed by atoms with Crippen LogP contribution >= 0.6 is 0 Å². The van der Waals surface area contributed by atoms with Crippen molar-refractivity contribution in [1.29, 1.82) is 0 Å². The van der Waals surface area contributed by atoms with Gasteiger partial charge in [0.2, 0.25) is 0 Å². The molecule has 1 N–H and O–H groups in total. The van der Waals surface area contributed by atoms with E-state index in [0.29, 0.717) is 6.54 Å². The monoisotopic (exact) mass is 239 g/mol. The van der Waals surface area contributed by atoms with E-state index in [2.05, 4.69) is 15.1 Å². The molecule has 0 atom stereocenters. The number of hydrogen-bond donors (Lipinski definition) is 1. The zero-order valence-electron chi connectivity index (χ0n) is 11.0. The molecule has 0 aliphatic carbocycles. The number of Topliss-reactive ketones (excluding diaryl/α,β-unsaturated/α-hetero) is 1. The SMILES string of the molecule is CC(=O)CN1CCN(CC2CCNCC2)CC1. The number of nitrogens with zero attached hydrogens (tertiary/aromatic N) is 2. The number of carbonyl (C=O) groups is 1. The van der Waals surface area contributed by atoms with Gasteiger partial charge in [0.15, 0.2) is 0 Å². The Hall–Kier alpha value is -0.450. The van der Waals surface area contributed by atoms with E-state index in [4.69, 9.17) is 0 Å². The van der Waals surface area contributed by atoms with E-state index in [-0.39, 0.29) is 5.78 Å². The Morgan fingerprint density at radius 3 is 2.29 bits per heavy atom. The van der Waals surface area contributed by atoms with Gasteiger partial charge in [0.05, 0.1) is 6.54 Å². The minimum atomic E-state index is 0.289. The van der Waals surface area contributed by atoms with Crippen molar-refractivity contribution in [2.24, 2.45) is 5.92 Å². The van der Waals surface area contributed by atoms with Gasteiger partial charge < -0.3 is 10.2 Å². The summed E-state index contributed by atoms with van der Waals surface area (Å²) in [5.41, 5.74) is 0. The van der Waals surface area contributed by atoms with Gasteiger partial charge in [0.1, 0.15) is 5.78 Å². The molecule has 0 amide bonds. The third-order valence-electron chi connectivity index (χ3n) is 3.89. The van der Waals surface area contributed by atoms with E-state index in [9.17, 15) is 4.79 Å². The first-order chi connectivity index (χ1) is 8.24. The largest absolute Gasteiger partial charge is 0.317 e. The average molecular weight is 239 g/mol. The van der Waals surface area contributed by atoms with E-state index in [1.165, 1.54) is 32.5 Å². The van der Waals surface area contributed by atoms with Gasteiger partial charge in [-0.1, -0.05) is 0 Å². The molecule has 17 heavy (non-hydrogen) atoms. The fourth-order valence-electron chi connectivity index (χ4n) is 2.87. The maximum Gasteiger partial charge on any atom is 0.143 e. The number of carbonyl (C=O) groups excluding carboxylic acids is 1. The van der Waals surface area contributed by atoms with Gasteiger partial charge >= 0.3 is 0 Å². The number of piperidine rings is 1. The summed E-state index contributed by atoms with van der Waals surface area (Å²) in [4.78, 5) is 15.9. The fraction of sp³-hybridized carbons (Fsp3) is 0.923. The predicted octanol–water partition coefficient (Wildman–Crippen LogP) is 0.193. The molecule has 0 radical (unpaired) electrons. The lowest BCUT2D eigenvalue weighted by molar-refractivity contribution is -0.118. The highest BCUT2D eigenvalue weighted by Gasteiger charge is 2.21. The van der Waals surface area contributed by atoms with Crippen LogP contribution in [0.2, 0.25) is 0 Å². The van der Waals surface area contributed by atoms with Gasteiger partial charge in [0, 0.05) is 32.7 Å². The van der Waals surface area contributed by atoms with Gasteiger partial charge in [-0.3, -0.25) is 9.69 Å². The molecule has 0 spiro atoms. The molecule has 2 aliphatic heterocycles. The van der Waals surface area contributed by atoms with E-state index in [0.717, 1.165) is 32.1 Å². The summed E-state index contributed by atoms with van der Waals surface area (Å²) in [7, 11) is 0. The molecule has 4 nitrogen and oxygen atoms in total. The summed E-state index contributed by atoms with van der Waals surface area (Å²) in [6, 6.07) is 0. The summed E-state index contributed by atoms with van der Waals surface area (Å²) in [6.07, 6.45) is 2.65. The highest BCUT2D eigenvalue weighted by atomic mass is 16.1. The van der Waals surface area contributed by atoms with Crippen molar-refractivity contribution in [2.75, 3.05) is 52.4 Å². The Balaban J connectivity index is 1.66. The molecule has 2 heterocycles. The zero-order valence-corrected chi connectivity index (χ0v) is 11.0. The Morgan fingerprint density at radius 2 is 1.71 bits per heavy atom. The van der Waals surface area contributed by atoms with E-state index >= 15 is 0 Å². The molecule has 0 aromatic carbocycles. The van der Waals surface area contributed by atoms with Crippen LogP contribution in [0, 0.1) is 5.92 Å². The Labute approximate surface area is 104 Å². The first-order valence-electron chi connectivity index (χ1n) is 6.89. The zero-order chi connectivity index (χ0) is 12.1. The topological polar surface area (TPSA) is 35.6 Å². The molecule has 2 saturated heterocycles. The summed E-state index contributed by atoms with van der Waals surface area (Å²) in [6.45, 7) is 10.4. The Kier molecular flexibility index (Phi) is 4.95. The van der Waals surface area contributed by atoms with E-state index in [1.54, 1.807) is 6.92 Å². The molecule has 4 heteroatoms. The maximum atomic E-state index is 11.0. The summed E-state index contributed by atoms with van der Waals surface area (Å²) < 4.78 is 0. The summed E-state index contributed by atoms with van der Waals surface area (Å²) in [5.74, 6) is 1.17. The van der Waals surface area contributed by atoms with Crippen LogP contribution in [0.15, 0.2) is 0 Å². The maximum absolute atomic E-state index is 11.0. The van der Waals surface area contributed by atoms with Crippen LogP contribution in [0.1, 0.15) is 19.8 Å². The van der Waals surface area contributed by atoms with Crippen molar-refractivity contribution in [3.63, 3.8) is 0 Å². The van der Waals surface area contributed by atoms with Crippen molar-refractivity contribution in [3.8, 4) is 0 Å². The molecule has 0 bridgehead atoms. The molecule has 2 fully saturated rings. The Morgan fingerprint density at radius 1 is 1.12 bits per heavy atom. The third kappa shape index (κ3) is 4.37. The van der Waals surface area contributed by atoms with Crippen LogP contribution in [0.3, 0.4) is 0 Å². The average Bonchev–Trinajstić information content (AvgIpc) is 2.32. The number of hydrogen-bond acceptors (Lipinski definition) is 4. The molecule has 98 valence electrons. The number of ketones is 1. The molecule has 0 unspecified atom stereocenters. The second-order valence-corrected chi connectivity index (χ2v) is 5.47. The number of rotatable bonds is 4. The van der Waals surface area contributed by atoms with Gasteiger partial charge in [-0.15, -0.1) is 0 Å². The highest BCUT2D eigenvalue weighted by Crippen LogP contribution is 2.14. The second-order valence-electron chi connectivity index (χ2n) is 5.47. The van der Waals surface area contributed by atoms with Crippen LogP contribution in [-0.2, 0) is 4.79 Å². The normalized spacial score (nSPS) is 25.0. The first-order valence-corrected chi connectivity index (χ1v) is 6.89. The van der Waals surface area contributed by atoms with Gasteiger partial charge in [-0.05, 0) is 38.8 Å². The molecular formula is C13H25N3O. The fourth-order valence-corrected chi connectivity index (χ4v) is 2.87. The van der Waals surface area contributed by atoms with Crippen LogP contribution in [0.5, 0.6) is 0 Å². The van der Waals surface area contributed by atoms with Crippen molar-refractivity contribution in [1.82, 2.24) is 15.1 Å². The van der Waals surface area contributed by atoms with E-state index < -0.39 is 0 Å². The highest BCUT2D eigenvalue weighted by molar-refractivity contribution is 5.77. The van der Waals surface area contributed by atoms with Crippen LogP contribution in [0.25, 0.3) is 0 Å². The lowest BCUT2D eigenvalue weighted by atomic mass is 9.97. The minimum absolute atomic E-state index is 0.289. The van der Waals surface area contributed by atoms with E-state index in [1.807, 2.05) is 0 Å². The molecule has 0 saturated carbocycles. The second kappa shape index (κ2) is 6.47.